The van der Waals surface area contributed by atoms with E-state index in [-0.39, 0.29) is 17.0 Å². The maximum Gasteiger partial charge on any atom is 0.250 e. The van der Waals surface area contributed by atoms with E-state index in [9.17, 15) is 13.2 Å². The number of hydrogen-bond donors (Lipinski definition) is 0. The molecule has 0 fully saturated rings. The van der Waals surface area contributed by atoms with Gasteiger partial charge in [0.05, 0.1) is 10.6 Å². The van der Waals surface area contributed by atoms with Gasteiger partial charge in [-0.15, -0.1) is 0 Å². The Labute approximate surface area is 157 Å². The number of aromatic nitrogens is 3. The second-order valence-electron chi connectivity index (χ2n) is 6.76. The van der Waals surface area contributed by atoms with Crippen molar-refractivity contribution in [2.75, 3.05) is 6.54 Å². The zero-order valence-electron chi connectivity index (χ0n) is 15.2. The molecule has 0 atom stereocenters. The highest BCUT2D eigenvalue weighted by Gasteiger charge is 2.30. The number of aryl methyl sites for hydroxylation is 2. The van der Waals surface area contributed by atoms with Gasteiger partial charge in [0.2, 0.25) is 10.0 Å². The molecule has 0 radical (unpaired) electrons. The molecule has 3 heterocycles. The van der Waals surface area contributed by atoms with E-state index >= 15 is 0 Å². The predicted molar refractivity (Wildman–Crippen MR) is 101 cm³/mol. The van der Waals surface area contributed by atoms with Crippen LogP contribution in [0.3, 0.4) is 0 Å². The van der Waals surface area contributed by atoms with Crippen molar-refractivity contribution in [3.8, 4) is 5.69 Å². The van der Waals surface area contributed by atoms with Gasteiger partial charge in [-0.05, 0) is 48.2 Å². The Morgan fingerprint density at radius 3 is 2.70 bits per heavy atom. The van der Waals surface area contributed by atoms with E-state index in [4.69, 9.17) is 0 Å². The highest BCUT2D eigenvalue weighted by molar-refractivity contribution is 7.89. The van der Waals surface area contributed by atoms with Crippen LogP contribution < -0.4 is 5.56 Å². The van der Waals surface area contributed by atoms with Crippen LogP contribution in [0.1, 0.15) is 16.7 Å². The Kier molecular flexibility index (Phi) is 4.24. The molecule has 0 amide bonds. The molecule has 0 N–H and O–H groups in total. The fourth-order valence-electron chi connectivity index (χ4n) is 3.39. The maximum absolute atomic E-state index is 13.3. The lowest BCUT2D eigenvalue weighted by Crippen LogP contribution is -2.37. The third kappa shape index (κ3) is 3.11. The van der Waals surface area contributed by atoms with E-state index in [1.165, 1.54) is 8.87 Å². The topological polar surface area (TPSA) is 77.2 Å². The van der Waals surface area contributed by atoms with Gasteiger partial charge in [-0.25, -0.2) is 13.1 Å². The van der Waals surface area contributed by atoms with Crippen LogP contribution in [0.25, 0.3) is 5.69 Å². The van der Waals surface area contributed by atoms with E-state index in [2.05, 4.69) is 5.10 Å². The summed E-state index contributed by atoms with van der Waals surface area (Å²) in [5.41, 5.74) is 3.10. The van der Waals surface area contributed by atoms with Gasteiger partial charge in [0.15, 0.2) is 0 Å². The molecule has 2 aromatic heterocycles. The van der Waals surface area contributed by atoms with Crippen molar-refractivity contribution in [2.24, 2.45) is 7.05 Å². The lowest BCUT2D eigenvalue weighted by molar-refractivity contribution is 0.389. The Hall–Kier alpha value is -2.71. The van der Waals surface area contributed by atoms with E-state index < -0.39 is 10.0 Å². The van der Waals surface area contributed by atoms with Crippen LogP contribution in [0.5, 0.6) is 0 Å². The van der Waals surface area contributed by atoms with Gasteiger partial charge >= 0.3 is 0 Å². The number of fused-ring (bicyclic) bond motifs is 1. The molecule has 1 aliphatic rings. The predicted octanol–water partition coefficient (Wildman–Crippen LogP) is 1.63. The first-order valence-corrected chi connectivity index (χ1v) is 10.1. The summed E-state index contributed by atoms with van der Waals surface area (Å²) in [4.78, 5) is 12.1. The SMILES string of the molecule is Cc1ccc(-n2cccn2)cc1S(=O)(=O)N1CCc2cc(=O)n(C)cc2C1. The molecule has 0 saturated heterocycles. The second-order valence-corrected chi connectivity index (χ2v) is 8.67. The van der Waals surface area contributed by atoms with Crippen molar-refractivity contribution in [1.82, 2.24) is 18.7 Å². The summed E-state index contributed by atoms with van der Waals surface area (Å²) < 4.78 is 31.2. The van der Waals surface area contributed by atoms with E-state index in [1.807, 2.05) is 6.07 Å². The van der Waals surface area contributed by atoms with Gasteiger partial charge in [0, 0.05) is 44.8 Å². The summed E-state index contributed by atoms with van der Waals surface area (Å²) >= 11 is 0. The molecule has 3 aromatic rings. The van der Waals surface area contributed by atoms with Crippen LogP contribution in [-0.4, -0.2) is 33.6 Å². The van der Waals surface area contributed by atoms with E-state index in [1.54, 1.807) is 61.5 Å². The summed E-state index contributed by atoms with van der Waals surface area (Å²) in [5, 5.41) is 4.18. The summed E-state index contributed by atoms with van der Waals surface area (Å²) in [6.45, 7) is 2.41. The van der Waals surface area contributed by atoms with E-state index in [0.717, 1.165) is 11.1 Å². The number of rotatable bonds is 3. The van der Waals surface area contributed by atoms with Crippen molar-refractivity contribution in [2.45, 2.75) is 24.8 Å². The normalized spacial score (nSPS) is 14.9. The minimum atomic E-state index is -3.67. The first-order valence-electron chi connectivity index (χ1n) is 8.65. The first-order chi connectivity index (χ1) is 12.9. The van der Waals surface area contributed by atoms with Gasteiger partial charge < -0.3 is 4.57 Å². The van der Waals surface area contributed by atoms with Crippen molar-refractivity contribution >= 4 is 10.0 Å². The summed E-state index contributed by atoms with van der Waals surface area (Å²) in [6, 6.07) is 8.70. The summed E-state index contributed by atoms with van der Waals surface area (Å²) in [5.74, 6) is 0. The lowest BCUT2D eigenvalue weighted by atomic mass is 10.0. The van der Waals surface area contributed by atoms with Crippen molar-refractivity contribution in [3.05, 3.63) is 76.0 Å². The molecular formula is C19H20N4O3S. The molecular weight excluding hydrogens is 364 g/mol. The minimum Gasteiger partial charge on any atom is -0.318 e. The third-order valence-electron chi connectivity index (χ3n) is 4.94. The molecule has 4 rings (SSSR count). The van der Waals surface area contributed by atoms with E-state index in [0.29, 0.717) is 24.2 Å². The van der Waals surface area contributed by atoms with Crippen LogP contribution in [0.2, 0.25) is 0 Å². The largest absolute Gasteiger partial charge is 0.318 e. The Bertz CT molecular complexity index is 1160. The first kappa shape index (κ1) is 17.7. The standard InChI is InChI=1S/C19H20N4O3S/c1-14-4-5-17(23-8-3-7-20-23)11-18(14)27(25,26)22-9-6-15-10-19(24)21(2)12-16(15)13-22/h3-5,7-8,10-12H,6,9,13H2,1-2H3. The third-order valence-corrected chi connectivity index (χ3v) is 6.93. The maximum atomic E-state index is 13.3. The molecule has 140 valence electrons. The zero-order valence-corrected chi connectivity index (χ0v) is 16.0. The van der Waals surface area contributed by atoms with Crippen LogP contribution in [0.4, 0.5) is 0 Å². The highest BCUT2D eigenvalue weighted by Crippen LogP contribution is 2.27. The fourth-order valence-corrected chi connectivity index (χ4v) is 5.05. The van der Waals surface area contributed by atoms with Crippen LogP contribution >= 0.6 is 0 Å². The number of benzene rings is 1. The molecule has 0 bridgehead atoms. The van der Waals surface area contributed by atoms with Gasteiger partial charge in [0.25, 0.3) is 5.56 Å². The fraction of sp³-hybridized carbons (Fsp3) is 0.263. The molecule has 0 aliphatic carbocycles. The van der Waals surface area contributed by atoms with Crippen LogP contribution in [0, 0.1) is 6.92 Å². The molecule has 7 nitrogen and oxygen atoms in total. The number of nitrogens with zero attached hydrogens (tertiary/aromatic N) is 4. The lowest BCUT2D eigenvalue weighted by Gasteiger charge is -2.29. The Morgan fingerprint density at radius 2 is 1.96 bits per heavy atom. The monoisotopic (exact) mass is 384 g/mol. The molecule has 0 saturated carbocycles. The highest BCUT2D eigenvalue weighted by atomic mass is 32.2. The van der Waals surface area contributed by atoms with Crippen LogP contribution in [-0.2, 0) is 30.0 Å². The summed E-state index contributed by atoms with van der Waals surface area (Å²) in [6.07, 6.45) is 5.69. The van der Waals surface area contributed by atoms with Gasteiger partial charge in [-0.2, -0.15) is 9.40 Å². The van der Waals surface area contributed by atoms with Crippen molar-refractivity contribution in [1.29, 1.82) is 0 Å². The van der Waals surface area contributed by atoms with Crippen LogP contribution in [0.15, 0.2) is 58.6 Å². The molecule has 1 aliphatic heterocycles. The quantitative estimate of drug-likeness (QED) is 0.688. The second kappa shape index (κ2) is 6.47. The summed E-state index contributed by atoms with van der Waals surface area (Å²) in [7, 11) is -1.99. The number of pyridine rings is 1. The van der Waals surface area contributed by atoms with Crippen molar-refractivity contribution in [3.63, 3.8) is 0 Å². The number of sulfonamides is 1. The molecule has 27 heavy (non-hydrogen) atoms. The average Bonchev–Trinajstić information content (AvgIpc) is 3.17. The van der Waals surface area contributed by atoms with Gasteiger partial charge in [0.1, 0.15) is 0 Å². The molecule has 0 unspecified atom stereocenters. The molecule has 8 heteroatoms. The van der Waals surface area contributed by atoms with Crippen molar-refractivity contribution < 1.29 is 8.42 Å². The number of hydrogen-bond acceptors (Lipinski definition) is 4. The Morgan fingerprint density at radius 1 is 1.15 bits per heavy atom. The smallest absolute Gasteiger partial charge is 0.250 e. The average molecular weight is 384 g/mol. The van der Waals surface area contributed by atoms with Gasteiger partial charge in [-0.1, -0.05) is 6.07 Å². The molecule has 0 spiro atoms. The zero-order chi connectivity index (χ0) is 19.2. The molecule has 1 aromatic carbocycles. The minimum absolute atomic E-state index is 0.0761. The van der Waals surface area contributed by atoms with Gasteiger partial charge in [-0.3, -0.25) is 4.79 Å². The Balaban J connectivity index is 1.73.